The van der Waals surface area contributed by atoms with Crippen LogP contribution in [0.2, 0.25) is 0 Å². The second kappa shape index (κ2) is 7.88. The standard InChI is InChI=1S/C19H22N2O4S/c1-26(23,24)21(16-9-10-16)14-13-19(22)20-15-7-11-18(12-8-15)25-17-5-3-2-4-6-17/h2-8,11-12,16H,9-10,13-14H2,1H3,(H,20,22). The highest BCUT2D eigenvalue weighted by Crippen LogP contribution is 2.29. The third kappa shape index (κ3) is 5.31. The molecule has 2 aromatic carbocycles. The number of para-hydroxylation sites is 1. The molecular weight excluding hydrogens is 352 g/mol. The maximum Gasteiger partial charge on any atom is 0.225 e. The number of nitrogens with one attached hydrogen (secondary N) is 1. The van der Waals surface area contributed by atoms with E-state index >= 15 is 0 Å². The van der Waals surface area contributed by atoms with Gasteiger partial charge in [-0.05, 0) is 49.2 Å². The molecule has 1 aliphatic rings. The van der Waals surface area contributed by atoms with Crippen molar-refractivity contribution >= 4 is 21.6 Å². The van der Waals surface area contributed by atoms with Gasteiger partial charge in [0.15, 0.2) is 0 Å². The average molecular weight is 374 g/mol. The van der Waals surface area contributed by atoms with Crippen LogP contribution in [-0.2, 0) is 14.8 Å². The van der Waals surface area contributed by atoms with E-state index in [1.807, 2.05) is 30.3 Å². The van der Waals surface area contributed by atoms with Crippen LogP contribution in [0, 0.1) is 0 Å². The number of anilines is 1. The quantitative estimate of drug-likeness (QED) is 0.770. The summed E-state index contributed by atoms with van der Waals surface area (Å²) in [5, 5.41) is 2.78. The molecule has 26 heavy (non-hydrogen) atoms. The minimum Gasteiger partial charge on any atom is -0.457 e. The maximum absolute atomic E-state index is 12.1. The van der Waals surface area contributed by atoms with Crippen LogP contribution < -0.4 is 10.1 Å². The van der Waals surface area contributed by atoms with Gasteiger partial charge in [0.1, 0.15) is 11.5 Å². The van der Waals surface area contributed by atoms with Crippen molar-refractivity contribution in [2.45, 2.75) is 25.3 Å². The normalized spacial score (nSPS) is 14.2. The fourth-order valence-corrected chi connectivity index (χ4v) is 3.82. The first-order valence-corrected chi connectivity index (χ1v) is 10.4. The average Bonchev–Trinajstić information content (AvgIpc) is 3.41. The fourth-order valence-electron chi connectivity index (χ4n) is 2.65. The van der Waals surface area contributed by atoms with E-state index in [1.165, 1.54) is 10.6 Å². The molecule has 138 valence electrons. The number of benzene rings is 2. The molecule has 0 unspecified atom stereocenters. The van der Waals surface area contributed by atoms with Gasteiger partial charge in [-0.15, -0.1) is 0 Å². The predicted molar refractivity (Wildman–Crippen MR) is 101 cm³/mol. The molecule has 0 saturated heterocycles. The molecule has 3 rings (SSSR count). The van der Waals surface area contributed by atoms with Crippen LogP contribution in [0.15, 0.2) is 54.6 Å². The van der Waals surface area contributed by atoms with E-state index in [9.17, 15) is 13.2 Å². The first kappa shape index (κ1) is 18.4. The van der Waals surface area contributed by atoms with Gasteiger partial charge in [-0.2, -0.15) is 4.31 Å². The van der Waals surface area contributed by atoms with Gasteiger partial charge in [-0.3, -0.25) is 4.79 Å². The van der Waals surface area contributed by atoms with Crippen molar-refractivity contribution in [3.8, 4) is 11.5 Å². The Morgan fingerprint density at radius 1 is 1.08 bits per heavy atom. The summed E-state index contributed by atoms with van der Waals surface area (Å²) in [7, 11) is -3.27. The second-order valence-electron chi connectivity index (χ2n) is 6.34. The summed E-state index contributed by atoms with van der Waals surface area (Å²) in [6, 6.07) is 16.6. The van der Waals surface area contributed by atoms with Crippen molar-refractivity contribution in [3.63, 3.8) is 0 Å². The van der Waals surface area contributed by atoms with Crippen LogP contribution in [0.1, 0.15) is 19.3 Å². The van der Waals surface area contributed by atoms with E-state index in [1.54, 1.807) is 24.3 Å². The lowest BCUT2D eigenvalue weighted by Crippen LogP contribution is -2.34. The number of sulfonamides is 1. The molecule has 0 radical (unpaired) electrons. The number of amides is 1. The van der Waals surface area contributed by atoms with Gasteiger partial charge in [0.2, 0.25) is 15.9 Å². The van der Waals surface area contributed by atoms with Crippen LogP contribution in [-0.4, -0.2) is 37.5 Å². The molecule has 7 heteroatoms. The van der Waals surface area contributed by atoms with E-state index in [0.717, 1.165) is 18.6 Å². The molecule has 0 aromatic heterocycles. The zero-order valence-electron chi connectivity index (χ0n) is 14.6. The van der Waals surface area contributed by atoms with E-state index < -0.39 is 10.0 Å². The van der Waals surface area contributed by atoms with Gasteiger partial charge in [0.25, 0.3) is 0 Å². The van der Waals surface area contributed by atoms with E-state index in [4.69, 9.17) is 4.74 Å². The molecule has 0 bridgehead atoms. The van der Waals surface area contributed by atoms with Crippen LogP contribution in [0.25, 0.3) is 0 Å². The zero-order chi connectivity index (χ0) is 18.6. The van der Waals surface area contributed by atoms with Gasteiger partial charge >= 0.3 is 0 Å². The first-order chi connectivity index (χ1) is 12.4. The molecule has 6 nitrogen and oxygen atoms in total. The molecule has 1 saturated carbocycles. The Bertz CT molecular complexity index is 847. The van der Waals surface area contributed by atoms with Gasteiger partial charge < -0.3 is 10.1 Å². The molecule has 0 spiro atoms. The highest BCUT2D eigenvalue weighted by molar-refractivity contribution is 7.88. The first-order valence-electron chi connectivity index (χ1n) is 8.51. The van der Waals surface area contributed by atoms with Gasteiger partial charge in [-0.1, -0.05) is 18.2 Å². The Hall–Kier alpha value is -2.38. The van der Waals surface area contributed by atoms with Crippen molar-refractivity contribution in [2.24, 2.45) is 0 Å². The topological polar surface area (TPSA) is 75.7 Å². The molecule has 1 amide bonds. The summed E-state index contributed by atoms with van der Waals surface area (Å²) in [6.07, 6.45) is 3.07. The summed E-state index contributed by atoms with van der Waals surface area (Å²) in [5.41, 5.74) is 0.646. The lowest BCUT2D eigenvalue weighted by atomic mass is 10.3. The Labute approximate surface area is 153 Å². The highest BCUT2D eigenvalue weighted by Gasteiger charge is 2.34. The number of carbonyl (C=O) groups is 1. The fraction of sp³-hybridized carbons (Fsp3) is 0.316. The van der Waals surface area contributed by atoms with Crippen molar-refractivity contribution in [3.05, 3.63) is 54.6 Å². The monoisotopic (exact) mass is 374 g/mol. The van der Waals surface area contributed by atoms with Crippen molar-refractivity contribution in [1.29, 1.82) is 0 Å². The molecule has 0 aliphatic heterocycles. The van der Waals surface area contributed by atoms with Gasteiger partial charge in [0.05, 0.1) is 6.26 Å². The molecule has 1 fully saturated rings. The summed E-state index contributed by atoms with van der Waals surface area (Å²) in [4.78, 5) is 12.1. The summed E-state index contributed by atoms with van der Waals surface area (Å²) >= 11 is 0. The molecule has 1 N–H and O–H groups in total. The molecule has 0 atom stereocenters. The van der Waals surface area contributed by atoms with Crippen LogP contribution >= 0.6 is 0 Å². The summed E-state index contributed by atoms with van der Waals surface area (Å²) < 4.78 is 30.6. The van der Waals surface area contributed by atoms with E-state index in [0.29, 0.717) is 11.4 Å². The third-order valence-electron chi connectivity index (χ3n) is 4.06. The van der Waals surface area contributed by atoms with Crippen LogP contribution in [0.3, 0.4) is 0 Å². The van der Waals surface area contributed by atoms with Crippen LogP contribution in [0.4, 0.5) is 5.69 Å². The number of carbonyl (C=O) groups excluding carboxylic acids is 1. The third-order valence-corrected chi connectivity index (χ3v) is 5.39. The number of nitrogens with zero attached hydrogens (tertiary/aromatic N) is 1. The van der Waals surface area contributed by atoms with Crippen LogP contribution in [0.5, 0.6) is 11.5 Å². The number of ether oxygens (including phenoxy) is 1. The Balaban J connectivity index is 1.51. The van der Waals surface area contributed by atoms with E-state index in [-0.39, 0.29) is 24.9 Å². The van der Waals surface area contributed by atoms with Crippen molar-refractivity contribution in [1.82, 2.24) is 4.31 Å². The summed E-state index contributed by atoms with van der Waals surface area (Å²) in [5.74, 6) is 1.20. The Morgan fingerprint density at radius 3 is 2.27 bits per heavy atom. The second-order valence-corrected chi connectivity index (χ2v) is 8.28. The number of rotatable bonds is 8. The van der Waals surface area contributed by atoms with Gasteiger partial charge in [-0.25, -0.2) is 8.42 Å². The lowest BCUT2D eigenvalue weighted by Gasteiger charge is -2.18. The van der Waals surface area contributed by atoms with E-state index in [2.05, 4.69) is 5.32 Å². The molecule has 1 aliphatic carbocycles. The smallest absolute Gasteiger partial charge is 0.225 e. The van der Waals surface area contributed by atoms with Gasteiger partial charge in [0, 0.05) is 24.7 Å². The largest absolute Gasteiger partial charge is 0.457 e. The van der Waals surface area contributed by atoms with Crippen molar-refractivity contribution in [2.75, 3.05) is 18.1 Å². The Kier molecular flexibility index (Phi) is 5.58. The predicted octanol–water partition coefficient (Wildman–Crippen LogP) is 3.23. The number of hydrogen-bond donors (Lipinski definition) is 1. The number of hydrogen-bond acceptors (Lipinski definition) is 4. The molecular formula is C19H22N2O4S. The SMILES string of the molecule is CS(=O)(=O)N(CCC(=O)Nc1ccc(Oc2ccccc2)cc1)C1CC1. The maximum atomic E-state index is 12.1. The summed E-state index contributed by atoms with van der Waals surface area (Å²) in [6.45, 7) is 0.213. The molecule has 2 aromatic rings. The highest BCUT2D eigenvalue weighted by atomic mass is 32.2. The minimum atomic E-state index is -3.27. The lowest BCUT2D eigenvalue weighted by molar-refractivity contribution is -0.116. The molecule has 0 heterocycles. The Morgan fingerprint density at radius 2 is 1.69 bits per heavy atom. The van der Waals surface area contributed by atoms with Crippen molar-refractivity contribution < 1.29 is 17.9 Å². The zero-order valence-corrected chi connectivity index (χ0v) is 15.4. The minimum absolute atomic E-state index is 0.0622.